The predicted octanol–water partition coefficient (Wildman–Crippen LogP) is 0.0822. The molecule has 0 aliphatic rings. The van der Waals surface area contributed by atoms with Crippen molar-refractivity contribution in [3.63, 3.8) is 0 Å². The molecule has 0 aliphatic heterocycles. The molecule has 0 saturated carbocycles. The highest BCUT2D eigenvalue weighted by Crippen LogP contribution is 2.23. The van der Waals surface area contributed by atoms with Gasteiger partial charge in [-0.3, -0.25) is 10.1 Å². The predicted molar refractivity (Wildman–Crippen MR) is 43.9 cm³/mol. The highest BCUT2D eigenvalue weighted by atomic mass is 19.1. The average molecular weight is 201 g/mol. The second-order valence-corrected chi connectivity index (χ2v) is 2.31. The SMILES string of the molecule is O=[N+]([O-])c1cc(OB(O)O)ccc1F. The quantitative estimate of drug-likeness (QED) is 0.410. The molecule has 0 saturated heterocycles. The maximum atomic E-state index is 12.7. The van der Waals surface area contributed by atoms with Gasteiger partial charge in [0, 0.05) is 0 Å². The average Bonchev–Trinajstić information content (AvgIpc) is 2.07. The molecule has 0 bridgehead atoms. The standard InChI is InChI=1S/C6H5BFNO5/c8-5-2-1-4(14-7(10)11)3-6(5)9(12)13/h1-3,10-11H. The lowest BCUT2D eigenvalue weighted by atomic mass is 10.2. The molecule has 0 atom stereocenters. The summed E-state index contributed by atoms with van der Waals surface area (Å²) in [4.78, 5) is 9.31. The third kappa shape index (κ3) is 2.41. The van der Waals surface area contributed by atoms with E-state index >= 15 is 0 Å². The first kappa shape index (κ1) is 10.4. The summed E-state index contributed by atoms with van der Waals surface area (Å²) in [6.07, 6.45) is 0. The summed E-state index contributed by atoms with van der Waals surface area (Å²) in [5.74, 6) is -1.22. The number of rotatable bonds is 3. The van der Waals surface area contributed by atoms with Crippen LogP contribution in [0.15, 0.2) is 18.2 Å². The Labute approximate surface area is 77.9 Å². The molecule has 1 aromatic rings. The first-order chi connectivity index (χ1) is 6.50. The van der Waals surface area contributed by atoms with Gasteiger partial charge in [0.2, 0.25) is 5.82 Å². The molecule has 0 fully saturated rings. The van der Waals surface area contributed by atoms with Gasteiger partial charge in [-0.1, -0.05) is 0 Å². The Hall–Kier alpha value is -1.67. The largest absolute Gasteiger partial charge is 0.707 e. The molecular weight excluding hydrogens is 196 g/mol. The Kier molecular flexibility index (Phi) is 3.00. The second-order valence-electron chi connectivity index (χ2n) is 2.31. The minimum atomic E-state index is -2.10. The molecule has 1 aromatic carbocycles. The molecule has 14 heavy (non-hydrogen) atoms. The summed E-state index contributed by atoms with van der Waals surface area (Å²) < 4.78 is 17.0. The molecule has 0 unspecified atom stereocenters. The van der Waals surface area contributed by atoms with Crippen LogP contribution in [0, 0.1) is 15.9 Å². The fourth-order valence-electron chi connectivity index (χ4n) is 0.827. The fraction of sp³-hybridized carbons (Fsp3) is 0. The topological polar surface area (TPSA) is 92.8 Å². The van der Waals surface area contributed by atoms with E-state index in [9.17, 15) is 14.5 Å². The van der Waals surface area contributed by atoms with Crippen molar-refractivity contribution in [2.45, 2.75) is 0 Å². The molecule has 0 amide bonds. The van der Waals surface area contributed by atoms with E-state index in [1.807, 2.05) is 0 Å². The van der Waals surface area contributed by atoms with Crippen molar-refractivity contribution in [1.29, 1.82) is 0 Å². The van der Waals surface area contributed by atoms with Crippen molar-refractivity contribution in [2.24, 2.45) is 0 Å². The van der Waals surface area contributed by atoms with E-state index in [1.165, 1.54) is 0 Å². The Morgan fingerprint density at radius 2 is 2.14 bits per heavy atom. The summed E-state index contributed by atoms with van der Waals surface area (Å²) in [5, 5.41) is 27.0. The first-order valence-corrected chi connectivity index (χ1v) is 3.47. The molecule has 0 heterocycles. The van der Waals surface area contributed by atoms with Crippen molar-refractivity contribution in [1.82, 2.24) is 0 Å². The number of halogens is 1. The maximum Gasteiger partial charge on any atom is 0.707 e. The minimum Gasteiger partial charge on any atom is -0.512 e. The lowest BCUT2D eigenvalue weighted by Crippen LogP contribution is -2.20. The molecule has 0 aromatic heterocycles. The first-order valence-electron chi connectivity index (χ1n) is 3.47. The van der Waals surface area contributed by atoms with E-state index < -0.39 is 23.7 Å². The van der Waals surface area contributed by atoms with Crippen LogP contribution in [0.3, 0.4) is 0 Å². The normalized spacial score (nSPS) is 9.64. The smallest absolute Gasteiger partial charge is 0.512 e. The van der Waals surface area contributed by atoms with Gasteiger partial charge in [-0.25, -0.2) is 0 Å². The molecule has 0 spiro atoms. The lowest BCUT2D eigenvalue weighted by Gasteiger charge is -2.03. The van der Waals surface area contributed by atoms with E-state index in [-0.39, 0.29) is 5.75 Å². The monoisotopic (exact) mass is 201 g/mol. The number of hydrogen-bond donors (Lipinski definition) is 2. The van der Waals surface area contributed by atoms with Gasteiger partial charge in [0.05, 0.1) is 11.0 Å². The van der Waals surface area contributed by atoms with Gasteiger partial charge in [-0.2, -0.15) is 4.39 Å². The zero-order valence-electron chi connectivity index (χ0n) is 6.75. The van der Waals surface area contributed by atoms with Crippen molar-refractivity contribution in [3.05, 3.63) is 34.1 Å². The Bertz CT molecular complexity index is 358. The Morgan fingerprint density at radius 3 is 2.64 bits per heavy atom. The second kappa shape index (κ2) is 4.03. The van der Waals surface area contributed by atoms with Crippen LogP contribution in [0.4, 0.5) is 10.1 Å². The Balaban J connectivity index is 3.00. The van der Waals surface area contributed by atoms with Crippen molar-refractivity contribution in [3.8, 4) is 5.75 Å². The minimum absolute atomic E-state index is 0.201. The van der Waals surface area contributed by atoms with Crippen molar-refractivity contribution < 1.29 is 24.0 Å². The zero-order valence-corrected chi connectivity index (χ0v) is 6.75. The van der Waals surface area contributed by atoms with E-state index in [0.717, 1.165) is 18.2 Å². The van der Waals surface area contributed by atoms with Crippen LogP contribution in [-0.2, 0) is 0 Å². The molecule has 6 nitrogen and oxygen atoms in total. The van der Waals surface area contributed by atoms with Crippen LogP contribution in [0.25, 0.3) is 0 Å². The number of nitrogens with zero attached hydrogens (tertiary/aromatic N) is 1. The summed E-state index contributed by atoms with van der Waals surface area (Å²) >= 11 is 0. The molecule has 1 rings (SSSR count). The van der Waals surface area contributed by atoms with Crippen LogP contribution in [0.1, 0.15) is 0 Å². The van der Waals surface area contributed by atoms with Gasteiger partial charge < -0.3 is 14.7 Å². The summed E-state index contributed by atoms with van der Waals surface area (Å²) in [6, 6.07) is 2.60. The number of benzene rings is 1. The molecule has 74 valence electrons. The number of nitro groups is 1. The van der Waals surface area contributed by atoms with Crippen LogP contribution < -0.4 is 4.65 Å². The molecular formula is C6H5BFNO5. The lowest BCUT2D eigenvalue weighted by molar-refractivity contribution is -0.387. The fourth-order valence-corrected chi connectivity index (χ4v) is 0.827. The van der Waals surface area contributed by atoms with E-state index in [1.54, 1.807) is 0 Å². The summed E-state index contributed by atoms with van der Waals surface area (Å²) in [6.45, 7) is 0. The molecule has 0 radical (unpaired) electrons. The number of hydrogen-bond acceptors (Lipinski definition) is 5. The molecule has 2 N–H and O–H groups in total. The summed E-state index contributed by atoms with van der Waals surface area (Å²) in [7, 11) is -2.10. The van der Waals surface area contributed by atoms with Crippen LogP contribution >= 0.6 is 0 Å². The van der Waals surface area contributed by atoms with Crippen LogP contribution in [0.2, 0.25) is 0 Å². The van der Waals surface area contributed by atoms with Gasteiger partial charge in [-0.05, 0) is 12.1 Å². The van der Waals surface area contributed by atoms with Crippen molar-refractivity contribution >= 4 is 13.0 Å². The van der Waals surface area contributed by atoms with Gasteiger partial charge in [0.25, 0.3) is 0 Å². The maximum absolute atomic E-state index is 12.7. The summed E-state index contributed by atoms with van der Waals surface area (Å²) in [5.41, 5.74) is -0.789. The van der Waals surface area contributed by atoms with Crippen molar-refractivity contribution in [2.75, 3.05) is 0 Å². The van der Waals surface area contributed by atoms with Gasteiger partial charge >= 0.3 is 13.0 Å². The van der Waals surface area contributed by atoms with Crippen LogP contribution in [0.5, 0.6) is 5.75 Å². The zero-order chi connectivity index (χ0) is 10.7. The third-order valence-electron chi connectivity index (χ3n) is 1.36. The van der Waals surface area contributed by atoms with Gasteiger partial charge in [-0.15, -0.1) is 0 Å². The van der Waals surface area contributed by atoms with Gasteiger partial charge in [0.15, 0.2) is 0 Å². The third-order valence-corrected chi connectivity index (χ3v) is 1.36. The number of nitro benzene ring substituents is 1. The van der Waals surface area contributed by atoms with Crippen LogP contribution in [-0.4, -0.2) is 22.3 Å². The van der Waals surface area contributed by atoms with E-state index in [2.05, 4.69) is 4.65 Å². The van der Waals surface area contributed by atoms with E-state index in [0.29, 0.717) is 0 Å². The molecule has 8 heteroatoms. The van der Waals surface area contributed by atoms with Gasteiger partial charge in [0.1, 0.15) is 5.75 Å². The molecule has 0 aliphatic carbocycles. The van der Waals surface area contributed by atoms with E-state index in [4.69, 9.17) is 10.0 Å². The highest BCUT2D eigenvalue weighted by molar-refractivity contribution is 6.33. The highest BCUT2D eigenvalue weighted by Gasteiger charge is 2.18. The Morgan fingerprint density at radius 1 is 1.50 bits per heavy atom.